The van der Waals surface area contributed by atoms with Crippen molar-refractivity contribution in [2.24, 2.45) is 5.92 Å². The van der Waals surface area contributed by atoms with Crippen molar-refractivity contribution < 1.29 is 38.2 Å². The summed E-state index contributed by atoms with van der Waals surface area (Å²) in [7, 11) is 0. The Bertz CT molecular complexity index is 1100. The van der Waals surface area contributed by atoms with Gasteiger partial charge >= 0.3 is 17.9 Å². The summed E-state index contributed by atoms with van der Waals surface area (Å²) in [5.41, 5.74) is 1.31. The molecule has 41 heavy (non-hydrogen) atoms. The zero-order valence-electron chi connectivity index (χ0n) is 24.4. The summed E-state index contributed by atoms with van der Waals surface area (Å²) in [6.45, 7) is 6.34. The lowest BCUT2D eigenvalue weighted by Gasteiger charge is -2.37. The first-order valence-corrected chi connectivity index (χ1v) is 14.8. The molecule has 2 aromatic rings. The molecular weight excluding hydrogens is 531 g/mol. The fourth-order valence-corrected chi connectivity index (χ4v) is 4.94. The summed E-state index contributed by atoms with van der Waals surface area (Å²) < 4.78 is 24.8. The number of hydrogen-bond donors (Lipinski definition) is 2. The quantitative estimate of drug-likeness (QED) is 0.127. The highest BCUT2D eigenvalue weighted by Crippen LogP contribution is 2.26. The number of carboxylic acids is 2. The van der Waals surface area contributed by atoms with Gasteiger partial charge in [-0.1, -0.05) is 63.9 Å². The fraction of sp³-hybridized carbons (Fsp3) is 0.613. The lowest BCUT2D eigenvalue weighted by atomic mass is 9.98. The normalized spacial score (nSPS) is 15.3. The third-order valence-electron chi connectivity index (χ3n) is 7.19. The Labute approximate surface area is 241 Å². The number of carbonyl (C=O) groups excluding carboxylic acids is 1. The molecule has 1 aromatic carbocycles. The molecule has 2 atom stereocenters. The van der Waals surface area contributed by atoms with Gasteiger partial charge in [-0.25, -0.2) is 14.0 Å². The van der Waals surface area contributed by atoms with E-state index in [1.165, 1.54) is 50.7 Å². The molecule has 228 valence electrons. The Balaban J connectivity index is 0.000000642. The number of aromatic nitrogens is 1. The number of nitrogens with zero attached hydrogens (tertiary/aromatic N) is 2. The highest BCUT2D eigenvalue weighted by Gasteiger charge is 2.29. The number of esters is 1. The van der Waals surface area contributed by atoms with Crippen LogP contribution in [0.3, 0.4) is 0 Å². The molecule has 0 saturated carbocycles. The number of carbonyl (C=O) groups is 3. The third kappa shape index (κ3) is 13.3. The summed E-state index contributed by atoms with van der Waals surface area (Å²) in [4.78, 5) is 34.1. The van der Waals surface area contributed by atoms with Crippen molar-refractivity contribution in [3.05, 3.63) is 41.9 Å². The first kappa shape index (κ1) is 33.9. The molecule has 2 heterocycles. The maximum atomic E-state index is 13.4. The van der Waals surface area contributed by atoms with Crippen LogP contribution in [0.4, 0.5) is 4.39 Å². The molecule has 1 fully saturated rings. The molecule has 3 rings (SSSR count). The monoisotopic (exact) mass is 576 g/mol. The van der Waals surface area contributed by atoms with Crippen LogP contribution in [0.15, 0.2) is 34.9 Å². The van der Waals surface area contributed by atoms with Crippen molar-refractivity contribution in [2.45, 2.75) is 104 Å². The first-order valence-electron chi connectivity index (χ1n) is 14.8. The first-order chi connectivity index (χ1) is 19.7. The van der Waals surface area contributed by atoms with E-state index in [4.69, 9.17) is 19.5 Å². The van der Waals surface area contributed by atoms with Gasteiger partial charge in [-0.15, -0.1) is 0 Å². The number of benzene rings is 1. The Hall–Kier alpha value is -3.27. The van der Waals surface area contributed by atoms with E-state index in [1.807, 2.05) is 0 Å². The number of piperidine rings is 1. The minimum atomic E-state index is -1.26. The van der Waals surface area contributed by atoms with Gasteiger partial charge in [0.05, 0.1) is 5.69 Å². The molecule has 9 nitrogen and oxygen atoms in total. The zero-order chi connectivity index (χ0) is 30.0. The fourth-order valence-electron chi connectivity index (χ4n) is 4.94. The summed E-state index contributed by atoms with van der Waals surface area (Å²) in [5, 5.41) is 20.6. The molecule has 2 unspecified atom stereocenters. The average Bonchev–Trinajstić information content (AvgIpc) is 3.35. The smallest absolute Gasteiger partial charge is 0.328 e. The number of likely N-dealkylation sites (tertiary alicyclic amines) is 1. The maximum Gasteiger partial charge on any atom is 0.328 e. The largest absolute Gasteiger partial charge is 0.478 e. The van der Waals surface area contributed by atoms with E-state index in [9.17, 15) is 18.8 Å². The molecule has 0 bridgehead atoms. The maximum absolute atomic E-state index is 13.4. The molecule has 1 saturated heterocycles. The van der Waals surface area contributed by atoms with E-state index in [1.54, 1.807) is 6.07 Å². The number of aryl methyl sites for hydroxylation is 1. The van der Waals surface area contributed by atoms with Crippen LogP contribution in [-0.4, -0.2) is 57.5 Å². The molecule has 2 N–H and O–H groups in total. The van der Waals surface area contributed by atoms with Gasteiger partial charge in [-0.2, -0.15) is 0 Å². The van der Waals surface area contributed by atoms with Crippen molar-refractivity contribution in [3.8, 4) is 0 Å². The highest BCUT2D eigenvalue weighted by molar-refractivity contribution is 5.89. The lowest BCUT2D eigenvalue weighted by Crippen LogP contribution is -2.45. The van der Waals surface area contributed by atoms with E-state index in [0.29, 0.717) is 30.6 Å². The van der Waals surface area contributed by atoms with E-state index in [-0.39, 0.29) is 23.9 Å². The minimum absolute atomic E-state index is 0.0756. The van der Waals surface area contributed by atoms with Gasteiger partial charge < -0.3 is 19.5 Å². The number of carboxylic acid groups (broad SMARTS) is 2. The van der Waals surface area contributed by atoms with Crippen LogP contribution in [0.5, 0.6) is 0 Å². The second-order valence-electron chi connectivity index (χ2n) is 10.6. The Morgan fingerprint density at radius 1 is 1.02 bits per heavy atom. The molecule has 0 spiro atoms. The van der Waals surface area contributed by atoms with Gasteiger partial charge in [0.2, 0.25) is 0 Å². The number of aliphatic carboxylic acids is 2. The van der Waals surface area contributed by atoms with Crippen LogP contribution in [0.2, 0.25) is 0 Å². The van der Waals surface area contributed by atoms with Gasteiger partial charge in [-0.05, 0) is 44.2 Å². The van der Waals surface area contributed by atoms with E-state index < -0.39 is 11.9 Å². The van der Waals surface area contributed by atoms with Crippen molar-refractivity contribution in [3.63, 3.8) is 0 Å². The van der Waals surface area contributed by atoms with Crippen molar-refractivity contribution >= 4 is 28.9 Å². The van der Waals surface area contributed by atoms with Gasteiger partial charge in [0.25, 0.3) is 0 Å². The highest BCUT2D eigenvalue weighted by atomic mass is 19.1. The number of fused-ring (bicyclic) bond motifs is 1. The minimum Gasteiger partial charge on any atom is -0.478 e. The van der Waals surface area contributed by atoms with E-state index in [0.717, 1.165) is 56.3 Å². The predicted molar refractivity (Wildman–Crippen MR) is 154 cm³/mol. The van der Waals surface area contributed by atoms with Crippen molar-refractivity contribution in [1.82, 2.24) is 10.1 Å². The second-order valence-corrected chi connectivity index (χ2v) is 10.6. The molecular formula is C31H45FN2O7. The van der Waals surface area contributed by atoms with Gasteiger partial charge in [-0.3, -0.25) is 9.69 Å². The standard InChI is InChI=1S/C27H41FN2O3.C4H4O4/c1-3-4-5-6-7-8-10-13-26(31)32-27(30-18-11-9-12-19-30)21(2)14-17-24-23-16-15-22(28)20-25(23)33-29-24;5-3(6)1-2-4(7)8/h15-16,20-21,27H,3-14,17-19H2,1-2H3;1-2H,(H,5,6)(H,7,8). The number of unbranched alkanes of at least 4 members (excludes halogenated alkanes) is 6. The number of halogens is 1. The summed E-state index contributed by atoms with van der Waals surface area (Å²) in [6.07, 6.45) is 14.8. The van der Waals surface area contributed by atoms with Crippen LogP contribution in [0.25, 0.3) is 11.0 Å². The lowest BCUT2D eigenvalue weighted by molar-refractivity contribution is -0.166. The molecule has 10 heteroatoms. The second kappa shape index (κ2) is 19.0. The van der Waals surface area contributed by atoms with Crippen molar-refractivity contribution in [1.29, 1.82) is 0 Å². The van der Waals surface area contributed by atoms with Crippen LogP contribution in [0.1, 0.15) is 96.6 Å². The van der Waals surface area contributed by atoms with Gasteiger partial charge in [0, 0.05) is 49.0 Å². The predicted octanol–water partition coefficient (Wildman–Crippen LogP) is 6.74. The topological polar surface area (TPSA) is 130 Å². The zero-order valence-corrected chi connectivity index (χ0v) is 24.4. The molecule has 1 aliphatic heterocycles. The van der Waals surface area contributed by atoms with Gasteiger partial charge in [0.1, 0.15) is 5.82 Å². The summed E-state index contributed by atoms with van der Waals surface area (Å²) in [5.74, 6) is -2.74. The SMILES string of the molecule is CCCCCCCCCC(=O)OC(C(C)CCc1noc2cc(F)ccc12)N1CCCCC1.O=C(O)C=CC(=O)O. The van der Waals surface area contributed by atoms with E-state index in [2.05, 4.69) is 23.9 Å². The van der Waals surface area contributed by atoms with E-state index >= 15 is 0 Å². The van der Waals surface area contributed by atoms with Crippen LogP contribution in [-0.2, 0) is 25.5 Å². The number of ether oxygens (including phenoxy) is 1. The Kier molecular flexibility index (Phi) is 15.7. The average molecular weight is 577 g/mol. The Morgan fingerprint density at radius 3 is 2.29 bits per heavy atom. The van der Waals surface area contributed by atoms with Gasteiger partial charge in [0.15, 0.2) is 11.8 Å². The molecule has 0 radical (unpaired) electrons. The molecule has 1 aromatic heterocycles. The number of rotatable bonds is 16. The van der Waals surface area contributed by atoms with Crippen LogP contribution in [0, 0.1) is 11.7 Å². The Morgan fingerprint density at radius 2 is 1.66 bits per heavy atom. The molecule has 0 amide bonds. The van der Waals surface area contributed by atoms with Crippen LogP contribution < -0.4 is 0 Å². The summed E-state index contributed by atoms with van der Waals surface area (Å²) >= 11 is 0. The molecule has 1 aliphatic rings. The number of hydrogen-bond acceptors (Lipinski definition) is 7. The van der Waals surface area contributed by atoms with Crippen molar-refractivity contribution in [2.75, 3.05) is 13.1 Å². The third-order valence-corrected chi connectivity index (χ3v) is 7.19. The van der Waals surface area contributed by atoms with Crippen LogP contribution >= 0.6 is 0 Å². The molecule has 0 aliphatic carbocycles. The summed E-state index contributed by atoms with van der Waals surface area (Å²) in [6, 6.07) is 4.54.